The molecule has 4 rings (SSSR count). The number of benzene rings is 2. The molecule has 1 N–H and O–H groups in total. The average Bonchev–Trinajstić information content (AvgIpc) is 3.00. The standard InChI is InChI=1S/C19H20N2O/c1-2-6-15(7-3-1)19(21-12-10-20-11-13-21)18-14-16-8-4-5-9-17(16)22-18/h1-9,14,19-20H,10-13H2. The second-order valence-corrected chi connectivity index (χ2v) is 5.79. The van der Waals surface area contributed by atoms with Crippen LogP contribution in [0.3, 0.4) is 0 Å². The first-order valence-corrected chi connectivity index (χ1v) is 7.90. The lowest BCUT2D eigenvalue weighted by atomic mass is 10.0. The third-order valence-electron chi connectivity index (χ3n) is 4.35. The summed E-state index contributed by atoms with van der Waals surface area (Å²) in [5.41, 5.74) is 2.26. The quantitative estimate of drug-likeness (QED) is 0.801. The summed E-state index contributed by atoms with van der Waals surface area (Å²) >= 11 is 0. The van der Waals surface area contributed by atoms with Crippen LogP contribution in [-0.2, 0) is 0 Å². The van der Waals surface area contributed by atoms with Crippen LogP contribution in [0.4, 0.5) is 0 Å². The van der Waals surface area contributed by atoms with Gasteiger partial charge in [0.15, 0.2) is 0 Å². The summed E-state index contributed by atoms with van der Waals surface area (Å²) in [6, 6.07) is 21.3. The molecule has 0 bridgehead atoms. The Labute approximate surface area is 130 Å². The molecular formula is C19H20N2O. The minimum atomic E-state index is 0.190. The number of para-hydroxylation sites is 1. The van der Waals surface area contributed by atoms with Gasteiger partial charge in [0.2, 0.25) is 0 Å². The summed E-state index contributed by atoms with van der Waals surface area (Å²) in [5.74, 6) is 1.04. The molecule has 1 saturated heterocycles. The van der Waals surface area contributed by atoms with E-state index >= 15 is 0 Å². The van der Waals surface area contributed by atoms with E-state index in [1.165, 1.54) is 10.9 Å². The van der Waals surface area contributed by atoms with Crippen LogP contribution in [0.1, 0.15) is 17.4 Å². The van der Waals surface area contributed by atoms with E-state index in [4.69, 9.17) is 4.42 Å². The van der Waals surface area contributed by atoms with E-state index < -0.39 is 0 Å². The Kier molecular flexibility index (Phi) is 3.67. The Morgan fingerprint density at radius 1 is 0.909 bits per heavy atom. The van der Waals surface area contributed by atoms with Crippen molar-refractivity contribution in [3.63, 3.8) is 0 Å². The molecule has 3 heteroatoms. The molecule has 22 heavy (non-hydrogen) atoms. The highest BCUT2D eigenvalue weighted by atomic mass is 16.3. The fourth-order valence-corrected chi connectivity index (χ4v) is 3.27. The highest BCUT2D eigenvalue weighted by molar-refractivity contribution is 5.78. The molecule has 1 aromatic heterocycles. The molecule has 1 aliphatic heterocycles. The Morgan fingerprint density at radius 3 is 2.41 bits per heavy atom. The Hall–Kier alpha value is -2.10. The summed E-state index contributed by atoms with van der Waals surface area (Å²) < 4.78 is 6.18. The van der Waals surface area contributed by atoms with E-state index in [2.05, 4.69) is 58.7 Å². The van der Waals surface area contributed by atoms with Crippen LogP contribution in [0.25, 0.3) is 11.0 Å². The highest BCUT2D eigenvalue weighted by Crippen LogP contribution is 2.32. The van der Waals surface area contributed by atoms with Crippen molar-refractivity contribution in [3.8, 4) is 0 Å². The van der Waals surface area contributed by atoms with E-state index in [0.29, 0.717) is 0 Å². The predicted molar refractivity (Wildman–Crippen MR) is 88.9 cm³/mol. The van der Waals surface area contributed by atoms with Crippen molar-refractivity contribution in [1.29, 1.82) is 0 Å². The van der Waals surface area contributed by atoms with Gasteiger partial charge < -0.3 is 9.73 Å². The number of furan rings is 1. The van der Waals surface area contributed by atoms with Crippen LogP contribution in [0.5, 0.6) is 0 Å². The maximum absolute atomic E-state index is 6.18. The van der Waals surface area contributed by atoms with Crippen molar-refractivity contribution in [1.82, 2.24) is 10.2 Å². The molecule has 3 nitrogen and oxygen atoms in total. The van der Waals surface area contributed by atoms with Crippen molar-refractivity contribution < 1.29 is 4.42 Å². The Bertz CT molecular complexity index is 711. The fourth-order valence-electron chi connectivity index (χ4n) is 3.27. The summed E-state index contributed by atoms with van der Waals surface area (Å²) in [4.78, 5) is 2.50. The molecule has 1 fully saturated rings. The second-order valence-electron chi connectivity index (χ2n) is 5.79. The largest absolute Gasteiger partial charge is 0.459 e. The van der Waals surface area contributed by atoms with Crippen molar-refractivity contribution in [2.24, 2.45) is 0 Å². The number of rotatable bonds is 3. The molecule has 0 aliphatic carbocycles. The van der Waals surface area contributed by atoms with Crippen LogP contribution in [-0.4, -0.2) is 31.1 Å². The topological polar surface area (TPSA) is 28.4 Å². The lowest BCUT2D eigenvalue weighted by Gasteiger charge is -2.34. The number of hydrogen-bond acceptors (Lipinski definition) is 3. The first kappa shape index (κ1) is 13.6. The maximum Gasteiger partial charge on any atom is 0.134 e. The molecular weight excluding hydrogens is 272 g/mol. The molecule has 0 saturated carbocycles. The molecule has 0 amide bonds. The zero-order valence-electron chi connectivity index (χ0n) is 12.5. The molecule has 0 spiro atoms. The van der Waals surface area contributed by atoms with Crippen LogP contribution >= 0.6 is 0 Å². The average molecular weight is 292 g/mol. The summed E-state index contributed by atoms with van der Waals surface area (Å²) in [7, 11) is 0. The molecule has 2 aromatic carbocycles. The van der Waals surface area contributed by atoms with Gasteiger partial charge in [-0.1, -0.05) is 48.5 Å². The van der Waals surface area contributed by atoms with Crippen LogP contribution in [0.15, 0.2) is 65.1 Å². The predicted octanol–water partition coefficient (Wildman–Crippen LogP) is 3.43. The number of fused-ring (bicyclic) bond motifs is 1. The number of hydrogen-bond donors (Lipinski definition) is 1. The van der Waals surface area contributed by atoms with Crippen molar-refractivity contribution in [3.05, 3.63) is 72.0 Å². The summed E-state index contributed by atoms with van der Waals surface area (Å²) in [6.45, 7) is 4.14. The normalized spacial score (nSPS) is 17.6. The molecule has 2 heterocycles. The lowest BCUT2D eigenvalue weighted by molar-refractivity contribution is 0.182. The Morgan fingerprint density at radius 2 is 1.64 bits per heavy atom. The van der Waals surface area contributed by atoms with Crippen molar-refractivity contribution in [2.45, 2.75) is 6.04 Å². The number of piperazine rings is 1. The van der Waals surface area contributed by atoms with Gasteiger partial charge in [0.1, 0.15) is 11.3 Å². The highest BCUT2D eigenvalue weighted by Gasteiger charge is 2.26. The molecule has 1 atom stereocenters. The van der Waals surface area contributed by atoms with E-state index in [1.54, 1.807) is 0 Å². The van der Waals surface area contributed by atoms with Gasteiger partial charge in [-0.2, -0.15) is 0 Å². The maximum atomic E-state index is 6.18. The Balaban J connectivity index is 1.78. The zero-order chi connectivity index (χ0) is 14.8. The third-order valence-corrected chi connectivity index (χ3v) is 4.35. The van der Waals surface area contributed by atoms with Gasteiger partial charge in [-0.25, -0.2) is 0 Å². The van der Waals surface area contributed by atoms with E-state index in [9.17, 15) is 0 Å². The van der Waals surface area contributed by atoms with Crippen molar-refractivity contribution >= 4 is 11.0 Å². The van der Waals surface area contributed by atoms with Crippen LogP contribution in [0, 0.1) is 0 Å². The fraction of sp³-hybridized carbons (Fsp3) is 0.263. The molecule has 0 radical (unpaired) electrons. The van der Waals surface area contributed by atoms with Crippen molar-refractivity contribution in [2.75, 3.05) is 26.2 Å². The third kappa shape index (κ3) is 2.54. The van der Waals surface area contributed by atoms with Gasteiger partial charge in [0, 0.05) is 31.6 Å². The SMILES string of the molecule is c1ccc(C(c2cc3ccccc3o2)N2CCNCC2)cc1. The van der Waals surface area contributed by atoms with Gasteiger partial charge in [-0.15, -0.1) is 0 Å². The minimum absolute atomic E-state index is 0.190. The zero-order valence-corrected chi connectivity index (χ0v) is 12.5. The van der Waals surface area contributed by atoms with Gasteiger partial charge in [0.05, 0.1) is 6.04 Å². The smallest absolute Gasteiger partial charge is 0.134 e. The summed E-state index contributed by atoms with van der Waals surface area (Å²) in [6.07, 6.45) is 0. The first-order valence-electron chi connectivity index (χ1n) is 7.90. The number of nitrogens with one attached hydrogen (secondary N) is 1. The molecule has 1 unspecified atom stereocenters. The minimum Gasteiger partial charge on any atom is -0.459 e. The second kappa shape index (κ2) is 5.95. The number of nitrogens with zero attached hydrogens (tertiary/aromatic N) is 1. The first-order chi connectivity index (χ1) is 10.9. The van der Waals surface area contributed by atoms with E-state index in [0.717, 1.165) is 37.5 Å². The van der Waals surface area contributed by atoms with E-state index in [-0.39, 0.29) is 6.04 Å². The van der Waals surface area contributed by atoms with Gasteiger partial charge in [-0.3, -0.25) is 4.90 Å². The van der Waals surface area contributed by atoms with Gasteiger partial charge in [-0.05, 0) is 17.7 Å². The van der Waals surface area contributed by atoms with Crippen LogP contribution in [0.2, 0.25) is 0 Å². The van der Waals surface area contributed by atoms with Gasteiger partial charge in [0.25, 0.3) is 0 Å². The molecule has 1 aliphatic rings. The lowest BCUT2D eigenvalue weighted by Crippen LogP contribution is -2.45. The molecule has 3 aromatic rings. The molecule has 112 valence electrons. The summed E-state index contributed by atoms with van der Waals surface area (Å²) in [5, 5.41) is 4.60. The monoisotopic (exact) mass is 292 g/mol. The van der Waals surface area contributed by atoms with Crippen LogP contribution < -0.4 is 5.32 Å². The van der Waals surface area contributed by atoms with E-state index in [1.807, 2.05) is 12.1 Å². The van der Waals surface area contributed by atoms with Gasteiger partial charge >= 0.3 is 0 Å².